The Morgan fingerprint density at radius 3 is 2.72 bits per heavy atom. The van der Waals surface area contributed by atoms with Crippen molar-refractivity contribution in [2.24, 2.45) is 4.99 Å². The van der Waals surface area contributed by atoms with E-state index in [4.69, 9.17) is 0 Å². The maximum absolute atomic E-state index is 12.5. The van der Waals surface area contributed by atoms with Crippen LogP contribution < -0.4 is 16.0 Å². The number of carbonyl (C=O) groups excluding carboxylic acids is 2. The van der Waals surface area contributed by atoms with Gasteiger partial charge in [-0.25, -0.2) is 0 Å². The number of guanidine groups is 1. The number of nitrogens with zero attached hydrogens (tertiary/aromatic N) is 3. The topological polar surface area (TPSA) is 89.1 Å². The van der Waals surface area contributed by atoms with Gasteiger partial charge in [0.25, 0.3) is 5.91 Å². The highest BCUT2D eigenvalue weighted by Crippen LogP contribution is 2.15. The maximum atomic E-state index is 12.5. The summed E-state index contributed by atoms with van der Waals surface area (Å²) in [6.07, 6.45) is 2.49. The molecule has 8 heteroatoms. The molecule has 0 saturated carbocycles. The van der Waals surface area contributed by atoms with Gasteiger partial charge in [-0.15, -0.1) is 0 Å². The fraction of sp³-hybridized carbons (Fsp3) is 0.571. The Balaban J connectivity index is 1.47. The Morgan fingerprint density at radius 1 is 1.24 bits per heavy atom. The molecule has 2 heterocycles. The summed E-state index contributed by atoms with van der Waals surface area (Å²) in [5, 5.41) is 9.49. The van der Waals surface area contributed by atoms with Gasteiger partial charge in [0.2, 0.25) is 5.91 Å². The van der Waals surface area contributed by atoms with E-state index in [0.717, 1.165) is 24.6 Å². The fourth-order valence-electron chi connectivity index (χ4n) is 3.92. The smallest absolute Gasteiger partial charge is 0.254 e. The number of amides is 2. The molecule has 3 rings (SSSR count). The van der Waals surface area contributed by atoms with Crippen molar-refractivity contribution in [2.45, 2.75) is 32.4 Å². The molecule has 0 aliphatic carbocycles. The van der Waals surface area contributed by atoms with Gasteiger partial charge in [-0.3, -0.25) is 19.5 Å². The molecule has 0 radical (unpaired) electrons. The van der Waals surface area contributed by atoms with Crippen molar-refractivity contribution in [3.63, 3.8) is 0 Å². The van der Waals surface area contributed by atoms with Crippen LogP contribution >= 0.6 is 0 Å². The molecule has 29 heavy (non-hydrogen) atoms. The normalized spacial score (nSPS) is 20.5. The quantitative estimate of drug-likeness (QED) is 0.475. The van der Waals surface area contributed by atoms with Gasteiger partial charge in [-0.1, -0.05) is 19.1 Å². The van der Waals surface area contributed by atoms with Crippen molar-refractivity contribution in [1.82, 2.24) is 25.8 Å². The molecule has 2 aliphatic rings. The van der Waals surface area contributed by atoms with Crippen molar-refractivity contribution >= 4 is 17.8 Å². The van der Waals surface area contributed by atoms with E-state index in [1.54, 1.807) is 11.9 Å². The first kappa shape index (κ1) is 21.1. The molecular formula is C21H32N6O2. The predicted octanol–water partition coefficient (Wildman–Crippen LogP) is 0.408. The van der Waals surface area contributed by atoms with Gasteiger partial charge in [0.05, 0.1) is 6.54 Å². The Hall–Kier alpha value is -2.61. The van der Waals surface area contributed by atoms with E-state index in [0.29, 0.717) is 31.2 Å². The monoisotopic (exact) mass is 400 g/mol. The lowest BCUT2D eigenvalue weighted by Gasteiger charge is -2.26. The van der Waals surface area contributed by atoms with Crippen LogP contribution in [0.3, 0.4) is 0 Å². The van der Waals surface area contributed by atoms with Gasteiger partial charge in [0.1, 0.15) is 0 Å². The Morgan fingerprint density at radius 2 is 2.03 bits per heavy atom. The minimum atomic E-state index is -0.107. The SMILES string of the molecule is CCN1CCCC1CNC(=NC)NCc1ccc(C(=O)N2CCNC(=O)C2)cc1. The molecule has 0 aromatic heterocycles. The molecular weight excluding hydrogens is 368 g/mol. The summed E-state index contributed by atoms with van der Waals surface area (Å²) in [6.45, 7) is 7.18. The molecule has 1 aromatic rings. The van der Waals surface area contributed by atoms with Gasteiger partial charge in [0.15, 0.2) is 5.96 Å². The number of hydrogen-bond acceptors (Lipinski definition) is 4. The lowest BCUT2D eigenvalue weighted by molar-refractivity contribution is -0.123. The van der Waals surface area contributed by atoms with Crippen LogP contribution in [0.5, 0.6) is 0 Å². The third kappa shape index (κ3) is 5.69. The number of piperazine rings is 1. The standard InChI is InChI=1S/C21H32N6O2/c1-3-26-11-4-5-18(26)14-25-21(22-2)24-13-16-6-8-17(9-7-16)20(29)27-12-10-23-19(28)15-27/h6-9,18H,3-5,10-15H2,1-2H3,(H,23,28)(H2,22,24,25). The zero-order valence-electron chi connectivity index (χ0n) is 17.4. The molecule has 2 aliphatic heterocycles. The van der Waals surface area contributed by atoms with Gasteiger partial charge >= 0.3 is 0 Å². The van der Waals surface area contributed by atoms with Crippen molar-refractivity contribution in [3.8, 4) is 0 Å². The second kappa shape index (κ2) is 10.2. The summed E-state index contributed by atoms with van der Waals surface area (Å²) < 4.78 is 0. The highest BCUT2D eigenvalue weighted by Gasteiger charge is 2.23. The van der Waals surface area contributed by atoms with Crippen molar-refractivity contribution in [1.29, 1.82) is 0 Å². The zero-order valence-corrected chi connectivity index (χ0v) is 17.4. The summed E-state index contributed by atoms with van der Waals surface area (Å²) >= 11 is 0. The lowest BCUT2D eigenvalue weighted by Crippen LogP contribution is -2.49. The van der Waals surface area contributed by atoms with E-state index in [1.807, 2.05) is 24.3 Å². The molecule has 8 nitrogen and oxygen atoms in total. The number of hydrogen-bond donors (Lipinski definition) is 3. The number of likely N-dealkylation sites (tertiary alicyclic amines) is 1. The molecule has 0 bridgehead atoms. The van der Waals surface area contributed by atoms with Crippen LogP contribution in [0.2, 0.25) is 0 Å². The first-order chi connectivity index (χ1) is 14.1. The minimum absolute atomic E-state index is 0.103. The predicted molar refractivity (Wildman–Crippen MR) is 114 cm³/mol. The zero-order chi connectivity index (χ0) is 20.6. The summed E-state index contributed by atoms with van der Waals surface area (Å²) in [6, 6.07) is 8.08. The number of rotatable bonds is 6. The summed E-state index contributed by atoms with van der Waals surface area (Å²) in [4.78, 5) is 32.4. The first-order valence-corrected chi connectivity index (χ1v) is 10.4. The number of benzene rings is 1. The Labute approximate surface area is 172 Å². The van der Waals surface area contributed by atoms with E-state index < -0.39 is 0 Å². The van der Waals surface area contributed by atoms with Crippen LogP contribution in [0, 0.1) is 0 Å². The minimum Gasteiger partial charge on any atom is -0.355 e. The summed E-state index contributed by atoms with van der Waals surface area (Å²) in [5.74, 6) is 0.574. The maximum Gasteiger partial charge on any atom is 0.254 e. The van der Waals surface area contributed by atoms with Crippen LogP contribution in [-0.4, -0.2) is 79.9 Å². The van der Waals surface area contributed by atoms with Crippen molar-refractivity contribution in [2.75, 3.05) is 46.3 Å². The molecule has 2 amide bonds. The van der Waals surface area contributed by atoms with E-state index in [9.17, 15) is 9.59 Å². The second-order valence-electron chi connectivity index (χ2n) is 7.50. The van der Waals surface area contributed by atoms with Crippen LogP contribution in [0.25, 0.3) is 0 Å². The molecule has 158 valence electrons. The average molecular weight is 401 g/mol. The van der Waals surface area contributed by atoms with Gasteiger partial charge in [-0.2, -0.15) is 0 Å². The highest BCUT2D eigenvalue weighted by molar-refractivity contribution is 5.97. The van der Waals surface area contributed by atoms with E-state index in [1.165, 1.54) is 19.4 Å². The number of carbonyl (C=O) groups is 2. The first-order valence-electron chi connectivity index (χ1n) is 10.4. The molecule has 1 unspecified atom stereocenters. The van der Waals surface area contributed by atoms with Crippen LogP contribution in [0.4, 0.5) is 0 Å². The van der Waals surface area contributed by atoms with E-state index in [2.05, 4.69) is 32.8 Å². The Kier molecular flexibility index (Phi) is 7.46. The van der Waals surface area contributed by atoms with Crippen LogP contribution in [0.15, 0.2) is 29.3 Å². The summed E-state index contributed by atoms with van der Waals surface area (Å²) in [7, 11) is 1.78. The molecule has 0 spiro atoms. The van der Waals surface area contributed by atoms with E-state index in [-0.39, 0.29) is 18.4 Å². The van der Waals surface area contributed by atoms with Crippen LogP contribution in [0.1, 0.15) is 35.7 Å². The second-order valence-corrected chi connectivity index (χ2v) is 7.50. The third-order valence-electron chi connectivity index (χ3n) is 5.62. The van der Waals surface area contributed by atoms with E-state index >= 15 is 0 Å². The average Bonchev–Trinajstić information content (AvgIpc) is 3.21. The number of likely N-dealkylation sites (N-methyl/N-ethyl adjacent to an activating group) is 1. The molecule has 2 fully saturated rings. The van der Waals surface area contributed by atoms with Crippen LogP contribution in [-0.2, 0) is 11.3 Å². The fourth-order valence-corrected chi connectivity index (χ4v) is 3.92. The highest BCUT2D eigenvalue weighted by atomic mass is 16.2. The molecule has 3 N–H and O–H groups in total. The number of nitrogens with one attached hydrogen (secondary N) is 3. The molecule has 1 aromatic carbocycles. The van der Waals surface area contributed by atoms with Crippen molar-refractivity contribution < 1.29 is 9.59 Å². The molecule has 1 atom stereocenters. The van der Waals surface area contributed by atoms with Gasteiger partial charge in [-0.05, 0) is 43.6 Å². The third-order valence-corrected chi connectivity index (χ3v) is 5.62. The largest absolute Gasteiger partial charge is 0.355 e. The summed E-state index contributed by atoms with van der Waals surface area (Å²) in [5.41, 5.74) is 1.67. The molecule has 2 saturated heterocycles. The van der Waals surface area contributed by atoms with Gasteiger partial charge in [0, 0.05) is 44.8 Å². The lowest BCUT2D eigenvalue weighted by atomic mass is 10.1. The Bertz CT molecular complexity index is 733. The number of aliphatic imine (C=N–C) groups is 1. The van der Waals surface area contributed by atoms with Gasteiger partial charge < -0.3 is 20.9 Å². The van der Waals surface area contributed by atoms with Crippen molar-refractivity contribution in [3.05, 3.63) is 35.4 Å².